The molecule has 2 aromatic rings. The number of carbonyl (C=O) groups is 1. The highest BCUT2D eigenvalue weighted by atomic mass is 35.5. The van der Waals surface area contributed by atoms with E-state index >= 15 is 0 Å². The number of ketones is 1. The second-order valence-corrected chi connectivity index (χ2v) is 8.30. The normalized spacial score (nSPS) is 16.7. The van der Waals surface area contributed by atoms with Gasteiger partial charge in [-0.3, -0.25) is 9.69 Å². The van der Waals surface area contributed by atoms with E-state index in [9.17, 15) is 13.2 Å². The van der Waals surface area contributed by atoms with Gasteiger partial charge in [0.25, 0.3) is 0 Å². The number of carbonyl (C=O) groups excluding carboxylic acids is 1. The monoisotopic (exact) mass is 378 g/mol. The van der Waals surface area contributed by atoms with E-state index in [2.05, 4.69) is 0 Å². The van der Waals surface area contributed by atoms with Gasteiger partial charge in [0.2, 0.25) is 10.0 Å². The molecule has 1 aliphatic rings. The molecule has 1 fully saturated rings. The van der Waals surface area contributed by atoms with Gasteiger partial charge in [0.1, 0.15) is 0 Å². The Balaban J connectivity index is 1.61. The molecule has 0 aliphatic carbocycles. The van der Waals surface area contributed by atoms with E-state index in [-0.39, 0.29) is 10.7 Å². The fourth-order valence-electron chi connectivity index (χ4n) is 2.82. The number of hydrogen-bond donors (Lipinski definition) is 0. The van der Waals surface area contributed by atoms with E-state index in [1.807, 2.05) is 23.1 Å². The molecular formula is C18H19ClN2O3S. The van der Waals surface area contributed by atoms with Crippen molar-refractivity contribution in [2.24, 2.45) is 0 Å². The van der Waals surface area contributed by atoms with Crippen LogP contribution in [0, 0.1) is 0 Å². The van der Waals surface area contributed by atoms with Gasteiger partial charge in [-0.15, -0.1) is 0 Å². The van der Waals surface area contributed by atoms with E-state index < -0.39 is 10.0 Å². The molecule has 2 aromatic carbocycles. The summed E-state index contributed by atoms with van der Waals surface area (Å²) in [6.45, 7) is 2.07. The van der Waals surface area contributed by atoms with Gasteiger partial charge < -0.3 is 0 Å². The van der Waals surface area contributed by atoms with E-state index in [4.69, 9.17) is 11.6 Å². The van der Waals surface area contributed by atoms with Crippen LogP contribution in [-0.4, -0.2) is 56.1 Å². The molecule has 1 heterocycles. The van der Waals surface area contributed by atoms with Crippen molar-refractivity contribution in [2.75, 3.05) is 32.7 Å². The van der Waals surface area contributed by atoms with Gasteiger partial charge in [-0.25, -0.2) is 8.42 Å². The van der Waals surface area contributed by atoms with Crippen LogP contribution in [-0.2, 0) is 10.0 Å². The molecular weight excluding hydrogens is 360 g/mol. The van der Waals surface area contributed by atoms with Crippen molar-refractivity contribution in [3.8, 4) is 0 Å². The van der Waals surface area contributed by atoms with Gasteiger partial charge >= 0.3 is 0 Å². The van der Waals surface area contributed by atoms with E-state index in [1.54, 1.807) is 30.3 Å². The predicted octanol–water partition coefficient (Wildman–Crippen LogP) is 2.53. The van der Waals surface area contributed by atoms with Crippen LogP contribution in [0.15, 0.2) is 59.5 Å². The van der Waals surface area contributed by atoms with Gasteiger partial charge in [0, 0.05) is 36.8 Å². The predicted molar refractivity (Wildman–Crippen MR) is 97.4 cm³/mol. The van der Waals surface area contributed by atoms with Crippen LogP contribution >= 0.6 is 11.6 Å². The van der Waals surface area contributed by atoms with Crippen molar-refractivity contribution in [1.82, 2.24) is 9.21 Å². The molecule has 7 heteroatoms. The summed E-state index contributed by atoms with van der Waals surface area (Å²) in [4.78, 5) is 14.5. The average molecular weight is 379 g/mol. The first kappa shape index (κ1) is 18.1. The maximum atomic E-state index is 12.7. The molecule has 0 atom stereocenters. The lowest BCUT2D eigenvalue weighted by atomic mass is 10.1. The molecule has 0 unspecified atom stereocenters. The lowest BCUT2D eigenvalue weighted by Gasteiger charge is -2.33. The quantitative estimate of drug-likeness (QED) is 0.750. The molecule has 0 radical (unpaired) electrons. The van der Waals surface area contributed by atoms with Gasteiger partial charge in [-0.2, -0.15) is 4.31 Å². The standard InChI is InChI=1S/C18H19ClN2O3S/c19-16-7-4-8-17(13-16)25(23,24)21-11-9-20(10-12-21)14-18(22)15-5-2-1-3-6-15/h1-8,13H,9-12,14H2. The van der Waals surface area contributed by atoms with Crippen molar-refractivity contribution in [3.05, 3.63) is 65.2 Å². The molecule has 25 heavy (non-hydrogen) atoms. The first-order valence-electron chi connectivity index (χ1n) is 8.03. The van der Waals surface area contributed by atoms with E-state index in [1.165, 1.54) is 10.4 Å². The van der Waals surface area contributed by atoms with Crippen LogP contribution in [0.2, 0.25) is 5.02 Å². The summed E-state index contributed by atoms with van der Waals surface area (Å²) in [6.07, 6.45) is 0. The summed E-state index contributed by atoms with van der Waals surface area (Å²) in [5.74, 6) is 0.0479. The molecule has 0 bridgehead atoms. The first-order chi connectivity index (χ1) is 12.0. The Kier molecular flexibility index (Phi) is 5.54. The van der Waals surface area contributed by atoms with Gasteiger partial charge in [0.05, 0.1) is 11.4 Å². The Morgan fingerprint density at radius 3 is 2.28 bits per heavy atom. The minimum Gasteiger partial charge on any atom is -0.293 e. The molecule has 1 saturated heterocycles. The molecule has 1 aliphatic heterocycles. The average Bonchev–Trinajstić information content (AvgIpc) is 2.63. The second-order valence-electron chi connectivity index (χ2n) is 5.93. The van der Waals surface area contributed by atoms with Crippen LogP contribution in [0.4, 0.5) is 0 Å². The highest BCUT2D eigenvalue weighted by Gasteiger charge is 2.29. The Labute approximate surface area is 152 Å². The molecule has 0 amide bonds. The topological polar surface area (TPSA) is 57.7 Å². The third-order valence-corrected chi connectivity index (χ3v) is 6.36. The maximum Gasteiger partial charge on any atom is 0.243 e. The Morgan fingerprint density at radius 1 is 0.960 bits per heavy atom. The third-order valence-electron chi connectivity index (χ3n) is 4.23. The minimum absolute atomic E-state index is 0.0479. The number of benzene rings is 2. The summed E-state index contributed by atoms with van der Waals surface area (Å²) in [5, 5.41) is 0.396. The number of halogens is 1. The number of sulfonamides is 1. The summed E-state index contributed by atoms with van der Waals surface area (Å²) >= 11 is 5.90. The SMILES string of the molecule is O=C(CN1CCN(S(=O)(=O)c2cccc(Cl)c2)CC1)c1ccccc1. The fraction of sp³-hybridized carbons (Fsp3) is 0.278. The fourth-order valence-corrected chi connectivity index (χ4v) is 4.55. The minimum atomic E-state index is -3.55. The van der Waals surface area contributed by atoms with E-state index in [0.29, 0.717) is 43.3 Å². The van der Waals surface area contributed by atoms with Gasteiger partial charge in [-0.1, -0.05) is 48.0 Å². The van der Waals surface area contributed by atoms with Crippen molar-refractivity contribution >= 4 is 27.4 Å². The molecule has 0 saturated carbocycles. The smallest absolute Gasteiger partial charge is 0.243 e. The van der Waals surface area contributed by atoms with Crippen LogP contribution in [0.5, 0.6) is 0 Å². The molecule has 0 spiro atoms. The largest absolute Gasteiger partial charge is 0.293 e. The summed E-state index contributed by atoms with van der Waals surface area (Å²) in [7, 11) is -3.55. The zero-order valence-corrected chi connectivity index (χ0v) is 15.2. The lowest BCUT2D eigenvalue weighted by Crippen LogP contribution is -2.49. The van der Waals surface area contributed by atoms with Crippen LogP contribution in [0.25, 0.3) is 0 Å². The molecule has 0 aromatic heterocycles. The number of Topliss-reactive ketones (excluding diaryl/α,β-unsaturated/α-hetero) is 1. The Morgan fingerprint density at radius 2 is 1.64 bits per heavy atom. The second kappa shape index (κ2) is 7.66. The number of nitrogens with zero attached hydrogens (tertiary/aromatic N) is 2. The zero-order chi connectivity index (χ0) is 17.9. The highest BCUT2D eigenvalue weighted by Crippen LogP contribution is 2.21. The summed E-state index contributed by atoms with van der Waals surface area (Å²) in [6, 6.07) is 15.4. The number of rotatable bonds is 5. The molecule has 132 valence electrons. The molecule has 0 N–H and O–H groups in total. The van der Waals surface area contributed by atoms with Crippen molar-refractivity contribution < 1.29 is 13.2 Å². The number of hydrogen-bond acceptors (Lipinski definition) is 4. The molecule has 3 rings (SSSR count). The van der Waals surface area contributed by atoms with Gasteiger partial charge in [0.15, 0.2) is 5.78 Å². The van der Waals surface area contributed by atoms with Gasteiger partial charge in [-0.05, 0) is 18.2 Å². The summed E-state index contributed by atoms with van der Waals surface area (Å²) < 4.78 is 26.8. The van der Waals surface area contributed by atoms with Crippen LogP contribution in [0.1, 0.15) is 10.4 Å². The van der Waals surface area contributed by atoms with Crippen molar-refractivity contribution in [2.45, 2.75) is 4.90 Å². The van der Waals surface area contributed by atoms with Crippen LogP contribution in [0.3, 0.4) is 0 Å². The van der Waals surface area contributed by atoms with Crippen molar-refractivity contribution in [3.63, 3.8) is 0 Å². The maximum absolute atomic E-state index is 12.7. The summed E-state index contributed by atoms with van der Waals surface area (Å²) in [5.41, 5.74) is 0.677. The van der Waals surface area contributed by atoms with Crippen LogP contribution < -0.4 is 0 Å². The van der Waals surface area contributed by atoms with Crippen molar-refractivity contribution in [1.29, 1.82) is 0 Å². The number of piperazine rings is 1. The Bertz CT molecular complexity index is 848. The van der Waals surface area contributed by atoms with E-state index in [0.717, 1.165) is 0 Å². The Hall–Kier alpha value is -1.73. The highest BCUT2D eigenvalue weighted by molar-refractivity contribution is 7.89. The first-order valence-corrected chi connectivity index (χ1v) is 9.85. The molecule has 5 nitrogen and oxygen atoms in total. The zero-order valence-electron chi connectivity index (χ0n) is 13.6. The lowest BCUT2D eigenvalue weighted by molar-refractivity contribution is 0.0901. The third kappa shape index (κ3) is 4.27.